The molecule has 3 heteroatoms. The molecule has 0 saturated heterocycles. The van der Waals surface area contributed by atoms with Crippen LogP contribution in [0.25, 0.3) is 0 Å². The molecule has 0 fully saturated rings. The van der Waals surface area contributed by atoms with Gasteiger partial charge in [0.15, 0.2) is 0 Å². The fourth-order valence-corrected chi connectivity index (χ4v) is 0.441. The Labute approximate surface area is 103 Å². The molecule has 0 aliphatic heterocycles. The first kappa shape index (κ1) is 17.4. The third-order valence-electron chi connectivity index (χ3n) is 1.15. The van der Waals surface area contributed by atoms with Crippen molar-refractivity contribution < 1.29 is 58.6 Å². The van der Waals surface area contributed by atoms with Crippen LogP contribution in [0.1, 0.15) is 26.7 Å². The van der Waals surface area contributed by atoms with Crippen LogP contribution in [0.5, 0.6) is 0 Å². The van der Waals surface area contributed by atoms with Gasteiger partial charge in [-0.3, -0.25) is 0 Å². The molecule has 0 bridgehead atoms. The minimum atomic E-state index is 0. The summed E-state index contributed by atoms with van der Waals surface area (Å²) in [6.45, 7) is 7.08. The molecule has 0 aliphatic carbocycles. The van der Waals surface area contributed by atoms with Crippen LogP contribution in [0, 0.1) is 12.8 Å². The molecule has 0 unspecified atom stereocenters. The summed E-state index contributed by atoms with van der Waals surface area (Å²) < 4.78 is 0. The fourth-order valence-electron chi connectivity index (χ4n) is 0.441. The molecule has 0 spiro atoms. The predicted octanol–water partition coefficient (Wildman–Crippen LogP) is 1.78. The van der Waals surface area contributed by atoms with E-state index >= 15 is 0 Å². The molecule has 1 nitrogen and oxygen atoms in total. The van der Waals surface area contributed by atoms with Gasteiger partial charge in [-0.2, -0.15) is 13.3 Å². The van der Waals surface area contributed by atoms with Crippen LogP contribution in [0.4, 0.5) is 0 Å². The summed E-state index contributed by atoms with van der Waals surface area (Å²) in [4.78, 5) is 10.5. The molecular weight excluding hydrogens is 373 g/mol. The van der Waals surface area contributed by atoms with Gasteiger partial charge in [0.25, 0.3) is 0 Å². The Morgan fingerprint density at radius 3 is 2.10 bits per heavy atom. The van der Waals surface area contributed by atoms with E-state index in [-0.39, 0.29) is 59.6 Å². The Kier molecular flexibility index (Phi) is 18.0. The Morgan fingerprint density at radius 1 is 1.60 bits per heavy atom. The first-order valence-electron chi connectivity index (χ1n) is 2.81. The molecular formula is C7H12OWY-2. The molecule has 0 aromatic heterocycles. The zero-order valence-corrected chi connectivity index (χ0v) is 12.3. The van der Waals surface area contributed by atoms with E-state index in [1.807, 2.05) is 6.92 Å². The number of carbonyl (C=O) groups is 1. The van der Waals surface area contributed by atoms with Crippen molar-refractivity contribution in [2.75, 3.05) is 0 Å². The van der Waals surface area contributed by atoms with Crippen molar-refractivity contribution >= 4 is 5.78 Å². The van der Waals surface area contributed by atoms with Gasteiger partial charge in [0.05, 0.1) is 0 Å². The Morgan fingerprint density at radius 2 is 2.00 bits per heavy atom. The van der Waals surface area contributed by atoms with Crippen molar-refractivity contribution in [3.63, 3.8) is 0 Å². The van der Waals surface area contributed by atoms with Gasteiger partial charge in [-0.15, -0.1) is 0 Å². The smallest absolute Gasteiger partial charge is 0 e. The molecule has 0 saturated carbocycles. The summed E-state index contributed by atoms with van der Waals surface area (Å²) in [5.74, 6) is 1.12. The predicted molar refractivity (Wildman–Crippen MR) is 34.2 cm³/mol. The first-order valence-corrected chi connectivity index (χ1v) is 2.81. The summed E-state index contributed by atoms with van der Waals surface area (Å²) in [6, 6.07) is 0. The quantitative estimate of drug-likeness (QED) is 0.678. The third kappa shape index (κ3) is 9.33. The van der Waals surface area contributed by atoms with Crippen molar-refractivity contribution in [1.29, 1.82) is 0 Å². The number of Topliss-reactive ketones (excluding diaryl/α,β-unsaturated/α-hetero) is 1. The SMILES string of the molecule is [CH2-]CC[C-](C)C(C)=O.[W].[Y]. The summed E-state index contributed by atoms with van der Waals surface area (Å²) >= 11 is 0. The van der Waals surface area contributed by atoms with E-state index in [0.29, 0.717) is 0 Å². The van der Waals surface area contributed by atoms with Gasteiger partial charge >= 0.3 is 0 Å². The largest absolute Gasteiger partial charge is 0.346 e. The van der Waals surface area contributed by atoms with Gasteiger partial charge in [0, 0.05) is 53.8 Å². The fraction of sp³-hybridized carbons (Fsp3) is 0.571. The number of carbonyl (C=O) groups excluding carboxylic acids is 1. The van der Waals surface area contributed by atoms with Crippen molar-refractivity contribution in [3.8, 4) is 0 Å². The van der Waals surface area contributed by atoms with E-state index in [9.17, 15) is 4.79 Å². The zero-order valence-electron chi connectivity index (χ0n) is 6.52. The number of ketones is 1. The third-order valence-corrected chi connectivity index (χ3v) is 1.15. The van der Waals surface area contributed by atoms with Crippen LogP contribution in [0.2, 0.25) is 0 Å². The summed E-state index contributed by atoms with van der Waals surface area (Å²) in [7, 11) is 0. The van der Waals surface area contributed by atoms with Crippen LogP contribution in [0.15, 0.2) is 0 Å². The average Bonchev–Trinajstić information content (AvgIpc) is 1.67. The van der Waals surface area contributed by atoms with Gasteiger partial charge in [0.2, 0.25) is 0 Å². The summed E-state index contributed by atoms with van der Waals surface area (Å²) in [6.07, 6.45) is 1.67. The molecule has 0 atom stereocenters. The molecule has 0 amide bonds. The number of rotatable bonds is 3. The molecule has 0 N–H and O–H groups in total. The molecule has 0 heterocycles. The van der Waals surface area contributed by atoms with Gasteiger partial charge in [0.1, 0.15) is 0 Å². The standard InChI is InChI=1S/C7H12O.W.Y/c1-4-5-6(2)7(3)8;;/h1,4-5H2,2-3H3;;/q-2;;. The Hall–Kier alpha value is 1.33. The second-order valence-electron chi connectivity index (χ2n) is 1.94. The van der Waals surface area contributed by atoms with Crippen molar-refractivity contribution in [1.82, 2.24) is 0 Å². The summed E-state index contributed by atoms with van der Waals surface area (Å²) in [5, 5.41) is 0. The minimum Gasteiger partial charge on any atom is -0.346 e. The van der Waals surface area contributed by atoms with Crippen LogP contribution in [0.3, 0.4) is 0 Å². The monoisotopic (exact) mass is 385 g/mol. The summed E-state index contributed by atoms with van der Waals surface area (Å²) in [5.41, 5.74) is 0. The Balaban J connectivity index is -0.000000245. The second-order valence-corrected chi connectivity index (χ2v) is 1.94. The van der Waals surface area contributed by atoms with Gasteiger partial charge < -0.3 is 17.6 Å². The Bertz CT molecular complexity index is 85.7. The normalized spacial score (nSPS) is 7.10. The van der Waals surface area contributed by atoms with E-state index in [1.165, 1.54) is 0 Å². The first-order chi connectivity index (χ1) is 3.68. The minimum absolute atomic E-state index is 0. The van der Waals surface area contributed by atoms with Crippen LogP contribution in [-0.2, 0) is 58.6 Å². The van der Waals surface area contributed by atoms with E-state index in [0.717, 1.165) is 18.8 Å². The molecule has 0 aromatic rings. The van der Waals surface area contributed by atoms with E-state index in [2.05, 4.69) is 6.92 Å². The molecule has 1 radical (unpaired) electrons. The maximum atomic E-state index is 10.5. The average molecular weight is 385 g/mol. The van der Waals surface area contributed by atoms with Gasteiger partial charge in [-0.25, -0.2) is 6.42 Å². The molecule has 0 aromatic carbocycles. The molecule has 10 heavy (non-hydrogen) atoms. The molecule has 0 aliphatic rings. The second kappa shape index (κ2) is 10.3. The van der Waals surface area contributed by atoms with Crippen molar-refractivity contribution in [2.45, 2.75) is 26.7 Å². The van der Waals surface area contributed by atoms with Crippen molar-refractivity contribution in [2.24, 2.45) is 0 Å². The van der Waals surface area contributed by atoms with Gasteiger partial charge in [-0.1, -0.05) is 0 Å². The van der Waals surface area contributed by atoms with E-state index < -0.39 is 0 Å². The van der Waals surface area contributed by atoms with E-state index in [1.54, 1.807) is 6.92 Å². The van der Waals surface area contributed by atoms with Crippen LogP contribution in [-0.4, -0.2) is 5.78 Å². The van der Waals surface area contributed by atoms with Gasteiger partial charge in [-0.05, 0) is 12.7 Å². The van der Waals surface area contributed by atoms with Crippen LogP contribution < -0.4 is 0 Å². The van der Waals surface area contributed by atoms with Crippen LogP contribution >= 0.6 is 0 Å². The maximum absolute atomic E-state index is 10.5. The number of hydrogen-bond donors (Lipinski definition) is 0. The zero-order chi connectivity index (χ0) is 6.57. The number of hydrogen-bond acceptors (Lipinski definition) is 1. The molecule has 0 rings (SSSR count). The van der Waals surface area contributed by atoms with Crippen molar-refractivity contribution in [3.05, 3.63) is 12.8 Å². The maximum Gasteiger partial charge on any atom is 0 e. The molecule has 57 valence electrons. The van der Waals surface area contributed by atoms with E-state index in [4.69, 9.17) is 0 Å². The topological polar surface area (TPSA) is 17.1 Å².